The van der Waals surface area contributed by atoms with Crippen molar-refractivity contribution in [3.05, 3.63) is 28.0 Å². The lowest BCUT2D eigenvalue weighted by Crippen LogP contribution is -2.18. The summed E-state index contributed by atoms with van der Waals surface area (Å²) in [5.41, 5.74) is 1.60. The molecule has 98 valence electrons. The minimum absolute atomic E-state index is 0.0152. The molecule has 5 heteroatoms. The number of hydrogen-bond donors (Lipinski definition) is 0. The Morgan fingerprint density at radius 2 is 2.06 bits per heavy atom. The van der Waals surface area contributed by atoms with Crippen LogP contribution in [0.25, 0.3) is 0 Å². The van der Waals surface area contributed by atoms with E-state index < -0.39 is 0 Å². The van der Waals surface area contributed by atoms with E-state index in [0.29, 0.717) is 0 Å². The van der Waals surface area contributed by atoms with E-state index in [-0.39, 0.29) is 27.6 Å². The zero-order valence-corrected chi connectivity index (χ0v) is 12.4. The van der Waals surface area contributed by atoms with Crippen LogP contribution in [0, 0.1) is 31.1 Å². The van der Waals surface area contributed by atoms with E-state index in [9.17, 15) is 4.79 Å². The number of aryl methyl sites for hydroxylation is 2. The average molecular weight is 287 g/mol. The minimum atomic E-state index is -0.113. The third-order valence-corrected chi connectivity index (χ3v) is 3.95. The van der Waals surface area contributed by atoms with Crippen LogP contribution >= 0.6 is 23.2 Å². The first-order valence-corrected chi connectivity index (χ1v) is 6.61. The zero-order chi connectivity index (χ0) is 13.7. The number of aromatic nitrogens is 2. The van der Waals surface area contributed by atoms with Gasteiger partial charge in [-0.25, -0.2) is 4.68 Å². The van der Waals surface area contributed by atoms with Crippen LogP contribution in [0.15, 0.2) is 16.6 Å². The quantitative estimate of drug-likeness (QED) is 0.830. The first-order chi connectivity index (χ1) is 8.25. The summed E-state index contributed by atoms with van der Waals surface area (Å²) in [5.74, 6) is -0.0108. The number of carbonyl (C=O) groups is 1. The van der Waals surface area contributed by atoms with Crippen molar-refractivity contribution in [2.24, 2.45) is 17.3 Å². The monoisotopic (exact) mass is 286 g/mol. The van der Waals surface area contributed by atoms with Gasteiger partial charge in [-0.2, -0.15) is 5.10 Å². The van der Waals surface area contributed by atoms with Gasteiger partial charge in [0.15, 0.2) is 0 Å². The molecular weight excluding hydrogens is 271 g/mol. The van der Waals surface area contributed by atoms with Gasteiger partial charge in [0.05, 0.1) is 11.6 Å². The third-order valence-electron chi connectivity index (χ3n) is 3.70. The minimum Gasteiger partial charge on any atom is -0.272 e. The van der Waals surface area contributed by atoms with Crippen LogP contribution in [0.5, 0.6) is 0 Å². The van der Waals surface area contributed by atoms with Gasteiger partial charge in [0, 0.05) is 5.69 Å². The number of carbonyl (C=O) groups excluding carboxylic acids is 1. The van der Waals surface area contributed by atoms with Crippen molar-refractivity contribution in [3.8, 4) is 0 Å². The predicted molar refractivity (Wildman–Crippen MR) is 72.9 cm³/mol. The molecule has 0 amide bonds. The van der Waals surface area contributed by atoms with Gasteiger partial charge >= 0.3 is 0 Å². The Bertz CT molecular complexity index is 527. The van der Waals surface area contributed by atoms with Crippen LogP contribution in [0.4, 0.5) is 0 Å². The highest BCUT2D eigenvalue weighted by atomic mass is 35.5. The normalized spacial score (nSPS) is 24.8. The van der Waals surface area contributed by atoms with Crippen LogP contribution in [0.1, 0.15) is 30.0 Å². The lowest BCUT2D eigenvalue weighted by Gasteiger charge is -2.03. The molecule has 1 fully saturated rings. The van der Waals surface area contributed by atoms with Crippen LogP contribution in [0.3, 0.4) is 0 Å². The number of hydrogen-bond acceptors (Lipinski definition) is 2. The molecule has 0 bridgehead atoms. The third kappa shape index (κ3) is 2.21. The van der Waals surface area contributed by atoms with Gasteiger partial charge in [-0.3, -0.25) is 4.79 Å². The highest BCUT2D eigenvalue weighted by Crippen LogP contribution is 2.60. The zero-order valence-electron chi connectivity index (χ0n) is 10.9. The molecule has 0 aliphatic heterocycles. The summed E-state index contributed by atoms with van der Waals surface area (Å²) < 4.78 is 1.70. The van der Waals surface area contributed by atoms with E-state index in [1.807, 2.05) is 33.8 Å². The highest BCUT2D eigenvalue weighted by Gasteiger charge is 2.61. The maximum absolute atomic E-state index is 12.4. The maximum atomic E-state index is 12.4. The Balaban J connectivity index is 2.27. The average Bonchev–Trinajstić information content (AvgIpc) is 2.58. The molecule has 1 heterocycles. The van der Waals surface area contributed by atoms with Gasteiger partial charge < -0.3 is 0 Å². The first-order valence-electron chi connectivity index (χ1n) is 5.85. The SMILES string of the molecule is Cc1cc(C)n(C(=O)[C@H]2[C@H](C=C(Cl)Cl)C2(C)C)n1. The molecule has 0 spiro atoms. The van der Waals surface area contributed by atoms with E-state index in [1.54, 1.807) is 6.08 Å². The molecule has 1 aromatic rings. The van der Waals surface area contributed by atoms with Gasteiger partial charge in [0.25, 0.3) is 5.91 Å². The molecule has 2 atom stereocenters. The standard InChI is InChI=1S/C13H16Cl2N2O/c1-7-5-8(2)17(16-7)12(18)11-9(6-10(14)15)13(11,3)4/h5-6,9,11H,1-4H3/t9-,11+/m0/s1. The number of nitrogens with zero attached hydrogens (tertiary/aromatic N) is 2. The Morgan fingerprint density at radius 1 is 1.44 bits per heavy atom. The smallest absolute Gasteiger partial charge is 0.251 e. The highest BCUT2D eigenvalue weighted by molar-refractivity contribution is 6.55. The summed E-state index contributed by atoms with van der Waals surface area (Å²) in [4.78, 5) is 12.4. The Kier molecular flexibility index (Phi) is 3.32. The van der Waals surface area contributed by atoms with Crippen LogP contribution in [-0.4, -0.2) is 15.7 Å². The van der Waals surface area contributed by atoms with Crippen molar-refractivity contribution >= 4 is 29.1 Å². The van der Waals surface area contributed by atoms with E-state index >= 15 is 0 Å². The first kappa shape index (κ1) is 13.6. The lowest BCUT2D eigenvalue weighted by molar-refractivity contribution is 0.0849. The fourth-order valence-electron chi connectivity index (χ4n) is 2.58. The van der Waals surface area contributed by atoms with E-state index in [4.69, 9.17) is 23.2 Å². The van der Waals surface area contributed by atoms with Crippen molar-refractivity contribution in [1.29, 1.82) is 0 Å². The van der Waals surface area contributed by atoms with Crippen molar-refractivity contribution < 1.29 is 4.79 Å². The molecule has 1 aromatic heterocycles. The largest absolute Gasteiger partial charge is 0.272 e. The number of rotatable bonds is 2. The molecule has 0 aromatic carbocycles. The molecule has 0 unspecified atom stereocenters. The molecule has 0 N–H and O–H groups in total. The summed E-state index contributed by atoms with van der Waals surface area (Å²) in [5, 5.41) is 4.23. The Hall–Kier alpha value is -0.800. The summed E-state index contributed by atoms with van der Waals surface area (Å²) in [6.45, 7) is 7.84. The summed E-state index contributed by atoms with van der Waals surface area (Å²) in [6.07, 6.45) is 1.75. The van der Waals surface area contributed by atoms with Gasteiger partial charge in [-0.1, -0.05) is 37.0 Å². The fraction of sp³-hybridized carbons (Fsp3) is 0.538. The van der Waals surface area contributed by atoms with Crippen molar-refractivity contribution in [3.63, 3.8) is 0 Å². The summed E-state index contributed by atoms with van der Waals surface area (Å²) >= 11 is 11.4. The predicted octanol–water partition coefficient (Wildman–Crippen LogP) is 3.73. The molecule has 1 saturated carbocycles. The number of halogens is 2. The fourth-order valence-corrected chi connectivity index (χ4v) is 2.85. The number of allylic oxidation sites excluding steroid dienone is 1. The molecule has 3 nitrogen and oxygen atoms in total. The van der Waals surface area contributed by atoms with Crippen LogP contribution in [-0.2, 0) is 0 Å². The topological polar surface area (TPSA) is 34.9 Å². The van der Waals surface area contributed by atoms with Crippen molar-refractivity contribution in [1.82, 2.24) is 9.78 Å². The van der Waals surface area contributed by atoms with E-state index in [0.717, 1.165) is 11.4 Å². The summed E-state index contributed by atoms with van der Waals surface area (Å²) in [7, 11) is 0. The molecule has 18 heavy (non-hydrogen) atoms. The molecule has 1 aliphatic rings. The van der Waals surface area contributed by atoms with Gasteiger partial charge in [0.1, 0.15) is 4.49 Å². The molecule has 0 radical (unpaired) electrons. The van der Waals surface area contributed by atoms with Gasteiger partial charge in [0.2, 0.25) is 0 Å². The second-order valence-electron chi connectivity index (χ2n) is 5.46. The van der Waals surface area contributed by atoms with E-state index in [2.05, 4.69) is 5.10 Å². The lowest BCUT2D eigenvalue weighted by atomic mass is 10.1. The second-order valence-corrected chi connectivity index (χ2v) is 6.47. The van der Waals surface area contributed by atoms with Gasteiger partial charge in [-0.05, 0) is 37.3 Å². The second kappa shape index (κ2) is 4.39. The van der Waals surface area contributed by atoms with Crippen LogP contribution in [0.2, 0.25) is 0 Å². The molecule has 1 aliphatic carbocycles. The molecular formula is C13H16Cl2N2O. The Morgan fingerprint density at radius 3 is 2.50 bits per heavy atom. The molecule has 2 rings (SSSR count). The van der Waals surface area contributed by atoms with Crippen LogP contribution < -0.4 is 0 Å². The van der Waals surface area contributed by atoms with Gasteiger partial charge in [-0.15, -0.1) is 0 Å². The van der Waals surface area contributed by atoms with Crippen molar-refractivity contribution in [2.45, 2.75) is 27.7 Å². The van der Waals surface area contributed by atoms with E-state index in [1.165, 1.54) is 4.68 Å². The maximum Gasteiger partial charge on any atom is 0.251 e. The van der Waals surface area contributed by atoms with Crippen molar-refractivity contribution in [2.75, 3.05) is 0 Å². The Labute approximate surface area is 117 Å². The molecule has 0 saturated heterocycles. The summed E-state index contributed by atoms with van der Waals surface area (Å²) in [6, 6.07) is 1.90.